The van der Waals surface area contributed by atoms with Crippen LogP contribution in [0.4, 0.5) is 0 Å². The lowest BCUT2D eigenvalue weighted by molar-refractivity contribution is 0.145. The molecule has 0 N–H and O–H groups in total. The summed E-state index contributed by atoms with van der Waals surface area (Å²) in [4.78, 5) is 7.47. The monoisotopic (exact) mass is 330 g/mol. The summed E-state index contributed by atoms with van der Waals surface area (Å²) in [5.74, 6) is 0.576. The second-order valence-electron chi connectivity index (χ2n) is 8.17. The molecule has 0 fully saturated rings. The summed E-state index contributed by atoms with van der Waals surface area (Å²) >= 11 is 0. The van der Waals surface area contributed by atoms with Gasteiger partial charge in [-0.15, -0.1) is 0 Å². The van der Waals surface area contributed by atoms with Gasteiger partial charge in [-0.3, -0.25) is 4.99 Å². The minimum Gasteiger partial charge on any atom is -0.367 e. The van der Waals surface area contributed by atoms with Crippen LogP contribution in [-0.2, 0) is 6.54 Å². The fourth-order valence-corrected chi connectivity index (χ4v) is 5.47. The van der Waals surface area contributed by atoms with Crippen molar-refractivity contribution in [3.05, 3.63) is 70.5 Å². The predicted octanol–water partition coefficient (Wildman–Crippen LogP) is 4.90. The van der Waals surface area contributed by atoms with Gasteiger partial charge in [-0.25, -0.2) is 0 Å². The third kappa shape index (κ3) is 2.13. The van der Waals surface area contributed by atoms with Crippen LogP contribution in [0.25, 0.3) is 0 Å². The SMILES string of the molecule is CC1C2CC3=C(CCC4=C3/C=C\C/N=C\C41C)N2Cc1ccccc1. The third-order valence-electron chi connectivity index (χ3n) is 6.99. The van der Waals surface area contributed by atoms with E-state index in [1.54, 1.807) is 22.4 Å². The Hall–Kier alpha value is -2.09. The lowest BCUT2D eigenvalue weighted by Gasteiger charge is -2.46. The fraction of sp³-hybridized carbons (Fsp3) is 0.435. The van der Waals surface area contributed by atoms with Gasteiger partial charge >= 0.3 is 0 Å². The molecule has 25 heavy (non-hydrogen) atoms. The van der Waals surface area contributed by atoms with Crippen molar-refractivity contribution in [2.24, 2.45) is 16.3 Å². The molecule has 4 aliphatic rings. The van der Waals surface area contributed by atoms with Crippen LogP contribution in [0.3, 0.4) is 0 Å². The highest BCUT2D eigenvalue weighted by Gasteiger charge is 2.50. The van der Waals surface area contributed by atoms with E-state index < -0.39 is 0 Å². The van der Waals surface area contributed by atoms with Crippen molar-refractivity contribution in [3.63, 3.8) is 0 Å². The van der Waals surface area contributed by atoms with Crippen LogP contribution < -0.4 is 0 Å². The van der Waals surface area contributed by atoms with Crippen molar-refractivity contribution in [2.75, 3.05) is 6.54 Å². The molecular formula is C23H26N2. The largest absolute Gasteiger partial charge is 0.367 e. The lowest BCUT2D eigenvalue weighted by atomic mass is 9.66. The molecule has 128 valence electrons. The van der Waals surface area contributed by atoms with Gasteiger partial charge in [0.05, 0.1) is 6.54 Å². The second-order valence-corrected chi connectivity index (χ2v) is 8.17. The first kappa shape index (κ1) is 15.2. The molecule has 2 aliphatic heterocycles. The normalized spacial score (nSPS) is 35.5. The Morgan fingerprint density at radius 3 is 2.88 bits per heavy atom. The van der Waals surface area contributed by atoms with Crippen LogP contribution in [0.2, 0.25) is 0 Å². The highest BCUT2D eigenvalue weighted by molar-refractivity contribution is 5.75. The van der Waals surface area contributed by atoms with Crippen molar-refractivity contribution in [1.82, 2.24) is 4.90 Å². The molecule has 0 radical (unpaired) electrons. The van der Waals surface area contributed by atoms with E-state index in [9.17, 15) is 0 Å². The molecule has 3 unspecified atom stereocenters. The second kappa shape index (κ2) is 5.45. The van der Waals surface area contributed by atoms with Crippen LogP contribution in [0, 0.1) is 11.3 Å². The average Bonchev–Trinajstić information content (AvgIpc) is 2.95. The number of hydrogen-bond acceptors (Lipinski definition) is 2. The van der Waals surface area contributed by atoms with E-state index >= 15 is 0 Å². The summed E-state index contributed by atoms with van der Waals surface area (Å²) in [6.45, 7) is 6.74. The summed E-state index contributed by atoms with van der Waals surface area (Å²) in [6.07, 6.45) is 10.5. The Morgan fingerprint density at radius 1 is 1.20 bits per heavy atom. The van der Waals surface area contributed by atoms with Crippen LogP contribution in [0.5, 0.6) is 0 Å². The van der Waals surface area contributed by atoms with Gasteiger partial charge in [0.15, 0.2) is 0 Å². The number of benzene rings is 1. The fourth-order valence-electron chi connectivity index (χ4n) is 5.47. The summed E-state index contributed by atoms with van der Waals surface area (Å²) in [6, 6.07) is 11.5. The maximum atomic E-state index is 4.74. The zero-order chi connectivity index (χ0) is 17.0. The van der Waals surface area contributed by atoms with E-state index in [4.69, 9.17) is 4.99 Å². The standard InChI is InChI=1S/C23H26N2/c1-16-22-13-19-18-9-6-12-24-15-23(16,2)20(18)10-11-21(19)25(22)14-17-7-4-3-5-8-17/h3-9,15-16,22H,10-14H2,1-2H3/b9-6-,24-15-. The number of fused-ring (bicyclic) bond motifs is 1. The van der Waals surface area contributed by atoms with Crippen LogP contribution in [0.1, 0.15) is 38.7 Å². The molecule has 0 spiro atoms. The van der Waals surface area contributed by atoms with E-state index in [1.807, 2.05) is 0 Å². The van der Waals surface area contributed by atoms with Gasteiger partial charge in [0.2, 0.25) is 0 Å². The maximum absolute atomic E-state index is 4.74. The minimum atomic E-state index is 0.0907. The molecular weight excluding hydrogens is 304 g/mol. The first-order valence-electron chi connectivity index (χ1n) is 9.62. The van der Waals surface area contributed by atoms with Crippen molar-refractivity contribution < 1.29 is 0 Å². The molecule has 3 atom stereocenters. The van der Waals surface area contributed by atoms with E-state index in [1.165, 1.54) is 24.8 Å². The van der Waals surface area contributed by atoms with Crippen molar-refractivity contribution in [2.45, 2.75) is 45.7 Å². The lowest BCUT2D eigenvalue weighted by Crippen LogP contribution is -2.45. The molecule has 2 heteroatoms. The van der Waals surface area contributed by atoms with Gasteiger partial charge in [0.25, 0.3) is 0 Å². The maximum Gasteiger partial charge on any atom is 0.0570 e. The smallest absolute Gasteiger partial charge is 0.0570 e. The molecule has 5 bridgehead atoms. The van der Waals surface area contributed by atoms with Gasteiger partial charge < -0.3 is 4.90 Å². The average molecular weight is 330 g/mol. The minimum absolute atomic E-state index is 0.0907. The summed E-state index contributed by atoms with van der Waals surface area (Å²) in [7, 11) is 0. The van der Waals surface area contributed by atoms with E-state index in [0.29, 0.717) is 12.0 Å². The van der Waals surface area contributed by atoms with Gasteiger partial charge in [0.1, 0.15) is 0 Å². The van der Waals surface area contributed by atoms with E-state index in [0.717, 1.165) is 13.1 Å². The molecule has 2 heterocycles. The highest BCUT2D eigenvalue weighted by atomic mass is 15.2. The number of hydrogen-bond donors (Lipinski definition) is 0. The first-order valence-corrected chi connectivity index (χ1v) is 9.62. The Bertz CT molecular complexity index is 827. The highest BCUT2D eigenvalue weighted by Crippen LogP contribution is 2.56. The summed E-state index contributed by atoms with van der Waals surface area (Å²) in [5, 5.41) is 0. The van der Waals surface area contributed by atoms with Gasteiger partial charge in [-0.2, -0.15) is 0 Å². The van der Waals surface area contributed by atoms with Crippen molar-refractivity contribution in [1.29, 1.82) is 0 Å². The van der Waals surface area contributed by atoms with Crippen LogP contribution in [0.15, 0.2) is 69.9 Å². The molecule has 0 aromatic heterocycles. The third-order valence-corrected chi connectivity index (χ3v) is 6.99. The molecule has 1 aromatic carbocycles. The Morgan fingerprint density at radius 2 is 2.04 bits per heavy atom. The molecule has 0 saturated carbocycles. The van der Waals surface area contributed by atoms with E-state index in [-0.39, 0.29) is 5.41 Å². The quantitative estimate of drug-likeness (QED) is 0.753. The van der Waals surface area contributed by atoms with Crippen LogP contribution >= 0.6 is 0 Å². The topological polar surface area (TPSA) is 15.6 Å². The van der Waals surface area contributed by atoms with Crippen molar-refractivity contribution in [3.8, 4) is 0 Å². The van der Waals surface area contributed by atoms with Gasteiger partial charge in [-0.05, 0) is 41.9 Å². The zero-order valence-electron chi connectivity index (χ0n) is 15.2. The Labute approximate surface area is 150 Å². The molecule has 2 nitrogen and oxygen atoms in total. The van der Waals surface area contributed by atoms with Crippen molar-refractivity contribution >= 4 is 6.21 Å². The number of nitrogens with zero attached hydrogens (tertiary/aromatic N) is 2. The predicted molar refractivity (Wildman–Crippen MR) is 103 cm³/mol. The molecule has 0 saturated heterocycles. The molecule has 2 aliphatic carbocycles. The number of rotatable bonds is 2. The summed E-state index contributed by atoms with van der Waals surface area (Å²) in [5.41, 5.74) is 7.93. The van der Waals surface area contributed by atoms with E-state index in [2.05, 4.69) is 67.4 Å². The molecule has 5 rings (SSSR count). The molecule has 1 aromatic rings. The first-order chi connectivity index (χ1) is 12.2. The Balaban J connectivity index is 1.66. The number of allylic oxidation sites excluding steroid dienone is 4. The Kier molecular flexibility index (Phi) is 3.31. The zero-order valence-corrected chi connectivity index (χ0v) is 15.2. The molecule has 0 amide bonds. The van der Waals surface area contributed by atoms with Gasteiger partial charge in [-0.1, -0.05) is 61.9 Å². The van der Waals surface area contributed by atoms with Gasteiger partial charge in [0, 0.05) is 29.9 Å². The van der Waals surface area contributed by atoms with Crippen LogP contribution in [-0.4, -0.2) is 23.7 Å². The number of aliphatic imine (C=N–C) groups is 1. The summed E-state index contributed by atoms with van der Waals surface area (Å²) < 4.78 is 0. The number of likely N-dealkylation sites (tertiary alicyclic amines) is 1.